The first kappa shape index (κ1) is 15.9. The molecule has 5 nitrogen and oxygen atoms in total. The highest BCUT2D eigenvalue weighted by atomic mass is 31.2. The molecule has 106 valence electrons. The summed E-state index contributed by atoms with van der Waals surface area (Å²) in [5.41, 5.74) is 1.64. The highest BCUT2D eigenvalue weighted by Crippen LogP contribution is 2.47. The van der Waals surface area contributed by atoms with Crippen molar-refractivity contribution in [3.8, 4) is 0 Å². The van der Waals surface area contributed by atoms with Crippen LogP contribution in [-0.4, -0.2) is 25.3 Å². The normalized spacial score (nSPS) is 11.3. The van der Waals surface area contributed by atoms with Crippen molar-refractivity contribution < 1.29 is 18.4 Å². The minimum absolute atomic E-state index is 0.245. The van der Waals surface area contributed by atoms with Crippen LogP contribution < -0.4 is 5.32 Å². The van der Waals surface area contributed by atoms with Crippen LogP contribution in [0.5, 0.6) is 0 Å². The number of amides is 1. The van der Waals surface area contributed by atoms with E-state index in [0.29, 0.717) is 5.69 Å². The summed E-state index contributed by atoms with van der Waals surface area (Å²) in [5, 5.41) is 2.71. The second-order valence-electron chi connectivity index (χ2n) is 3.97. The molecule has 0 saturated heterocycles. The van der Waals surface area contributed by atoms with Crippen molar-refractivity contribution >= 4 is 19.2 Å². The lowest BCUT2D eigenvalue weighted by atomic mass is 10.2. The Morgan fingerprint density at radius 2 is 1.79 bits per heavy atom. The van der Waals surface area contributed by atoms with Crippen LogP contribution in [0.4, 0.5) is 5.69 Å². The molecular weight excluding hydrogens is 265 g/mol. The third-order valence-electron chi connectivity index (χ3n) is 2.41. The monoisotopic (exact) mass is 285 g/mol. The number of nitrogens with one attached hydrogen (secondary N) is 1. The van der Waals surface area contributed by atoms with Crippen LogP contribution >= 0.6 is 7.60 Å². The molecule has 1 rings (SSSR count). The lowest BCUT2D eigenvalue weighted by Crippen LogP contribution is -2.18. The lowest BCUT2D eigenvalue weighted by Gasteiger charge is -2.16. The molecule has 0 heterocycles. The van der Waals surface area contributed by atoms with Gasteiger partial charge in [0.1, 0.15) is 6.16 Å². The molecular formula is C13H20NO4P. The summed E-state index contributed by atoms with van der Waals surface area (Å²) in [7, 11) is -3.34. The van der Waals surface area contributed by atoms with E-state index in [0.717, 1.165) is 5.56 Å². The van der Waals surface area contributed by atoms with Gasteiger partial charge in [-0.15, -0.1) is 0 Å². The molecule has 19 heavy (non-hydrogen) atoms. The van der Waals surface area contributed by atoms with Crippen LogP contribution in [0.2, 0.25) is 0 Å². The molecule has 0 atom stereocenters. The number of carbonyl (C=O) groups is 1. The molecule has 0 radical (unpaired) electrons. The molecule has 0 aromatic heterocycles. The van der Waals surface area contributed by atoms with E-state index < -0.39 is 7.60 Å². The molecule has 0 aliphatic heterocycles. The zero-order valence-corrected chi connectivity index (χ0v) is 12.4. The fourth-order valence-electron chi connectivity index (χ4n) is 1.60. The SMILES string of the molecule is CCOP(=O)(CC(=O)Nc1ccccc1C)OCC. The van der Waals surface area contributed by atoms with Gasteiger partial charge in [-0.25, -0.2) is 0 Å². The molecule has 0 aliphatic carbocycles. The summed E-state index contributed by atoms with van der Waals surface area (Å²) in [6.07, 6.45) is -0.275. The Balaban J connectivity index is 2.68. The third kappa shape index (κ3) is 5.15. The quantitative estimate of drug-likeness (QED) is 0.781. The second-order valence-corrected chi connectivity index (χ2v) is 6.02. The van der Waals surface area contributed by atoms with Crippen LogP contribution in [0.1, 0.15) is 19.4 Å². The highest BCUT2D eigenvalue weighted by Gasteiger charge is 2.27. The largest absolute Gasteiger partial charge is 0.340 e. The maximum absolute atomic E-state index is 12.2. The molecule has 0 saturated carbocycles. The van der Waals surface area contributed by atoms with Crippen molar-refractivity contribution in [2.45, 2.75) is 20.8 Å². The van der Waals surface area contributed by atoms with Gasteiger partial charge in [0.15, 0.2) is 0 Å². The van der Waals surface area contributed by atoms with Crippen molar-refractivity contribution in [3.63, 3.8) is 0 Å². The summed E-state index contributed by atoms with van der Waals surface area (Å²) in [4.78, 5) is 11.9. The van der Waals surface area contributed by atoms with Crippen LogP contribution in [0.25, 0.3) is 0 Å². The average molecular weight is 285 g/mol. The number of hydrogen-bond donors (Lipinski definition) is 1. The lowest BCUT2D eigenvalue weighted by molar-refractivity contribution is -0.114. The van der Waals surface area contributed by atoms with Crippen molar-refractivity contribution in [1.29, 1.82) is 0 Å². The first-order valence-corrected chi connectivity index (χ1v) is 7.97. The van der Waals surface area contributed by atoms with E-state index in [1.165, 1.54) is 0 Å². The van der Waals surface area contributed by atoms with Crippen LogP contribution in [0.15, 0.2) is 24.3 Å². The molecule has 1 amide bonds. The van der Waals surface area contributed by atoms with Gasteiger partial charge in [0.2, 0.25) is 5.91 Å². The van der Waals surface area contributed by atoms with Crippen molar-refractivity contribution in [1.82, 2.24) is 0 Å². The summed E-state index contributed by atoms with van der Waals surface area (Å²) >= 11 is 0. The predicted octanol–water partition coefficient (Wildman–Crippen LogP) is 3.20. The Morgan fingerprint density at radius 3 is 2.32 bits per heavy atom. The Labute approximate surface area is 113 Å². The second kappa shape index (κ2) is 7.43. The molecule has 0 spiro atoms. The zero-order valence-electron chi connectivity index (χ0n) is 11.5. The average Bonchev–Trinajstić information content (AvgIpc) is 2.32. The van der Waals surface area contributed by atoms with Gasteiger partial charge < -0.3 is 14.4 Å². The van der Waals surface area contributed by atoms with E-state index in [9.17, 15) is 9.36 Å². The summed E-state index contributed by atoms with van der Waals surface area (Å²) < 4.78 is 22.4. The summed E-state index contributed by atoms with van der Waals surface area (Å²) in [6, 6.07) is 7.39. The van der Waals surface area contributed by atoms with E-state index in [2.05, 4.69) is 5.32 Å². The summed E-state index contributed by atoms with van der Waals surface area (Å²) in [5.74, 6) is -0.375. The Hall–Kier alpha value is -1.16. The summed E-state index contributed by atoms with van der Waals surface area (Å²) in [6.45, 7) is 5.81. The van der Waals surface area contributed by atoms with Gasteiger partial charge in [-0.05, 0) is 32.4 Å². The van der Waals surface area contributed by atoms with Crippen LogP contribution in [-0.2, 0) is 18.4 Å². The fourth-order valence-corrected chi connectivity index (χ4v) is 3.08. The van der Waals surface area contributed by atoms with Gasteiger partial charge in [-0.2, -0.15) is 0 Å². The smallest absolute Gasteiger partial charge is 0.325 e. The van der Waals surface area contributed by atoms with Crippen LogP contribution in [0.3, 0.4) is 0 Å². The molecule has 1 aromatic rings. The Kier molecular flexibility index (Phi) is 6.22. The van der Waals surface area contributed by atoms with Gasteiger partial charge in [-0.3, -0.25) is 9.36 Å². The van der Waals surface area contributed by atoms with Gasteiger partial charge >= 0.3 is 7.60 Å². The van der Waals surface area contributed by atoms with Gasteiger partial charge in [-0.1, -0.05) is 18.2 Å². The highest BCUT2D eigenvalue weighted by molar-refractivity contribution is 7.54. The van der Waals surface area contributed by atoms with E-state index in [-0.39, 0.29) is 25.3 Å². The number of anilines is 1. The van der Waals surface area contributed by atoms with Crippen molar-refractivity contribution in [2.75, 3.05) is 24.7 Å². The van der Waals surface area contributed by atoms with Crippen LogP contribution in [0, 0.1) is 6.92 Å². The van der Waals surface area contributed by atoms with Gasteiger partial charge in [0.05, 0.1) is 13.2 Å². The topological polar surface area (TPSA) is 64.6 Å². The third-order valence-corrected chi connectivity index (χ3v) is 4.39. The Morgan fingerprint density at radius 1 is 1.21 bits per heavy atom. The van der Waals surface area contributed by atoms with E-state index in [1.807, 2.05) is 25.1 Å². The Bertz CT molecular complexity index is 465. The number of carbonyl (C=O) groups excluding carboxylic acids is 1. The minimum atomic E-state index is -3.34. The van der Waals surface area contributed by atoms with Gasteiger partial charge in [0.25, 0.3) is 0 Å². The molecule has 0 bridgehead atoms. The predicted molar refractivity (Wildman–Crippen MR) is 75.5 cm³/mol. The molecule has 0 unspecified atom stereocenters. The number of aryl methyl sites for hydroxylation is 1. The maximum atomic E-state index is 12.2. The van der Waals surface area contributed by atoms with E-state index >= 15 is 0 Å². The molecule has 0 aliphatic rings. The number of para-hydroxylation sites is 1. The molecule has 1 N–H and O–H groups in total. The van der Waals surface area contributed by atoms with Crippen molar-refractivity contribution in [3.05, 3.63) is 29.8 Å². The minimum Gasteiger partial charge on any atom is -0.325 e. The number of benzene rings is 1. The van der Waals surface area contributed by atoms with E-state index in [1.54, 1.807) is 19.9 Å². The van der Waals surface area contributed by atoms with Gasteiger partial charge in [0, 0.05) is 5.69 Å². The number of hydrogen-bond acceptors (Lipinski definition) is 4. The molecule has 6 heteroatoms. The molecule has 1 aromatic carbocycles. The maximum Gasteiger partial charge on any atom is 0.340 e. The van der Waals surface area contributed by atoms with E-state index in [4.69, 9.17) is 9.05 Å². The zero-order chi connectivity index (χ0) is 14.3. The first-order valence-electron chi connectivity index (χ1n) is 6.24. The first-order chi connectivity index (χ1) is 9.00. The van der Waals surface area contributed by atoms with Crippen molar-refractivity contribution in [2.24, 2.45) is 0 Å². The number of rotatable bonds is 7. The fraction of sp³-hybridized carbons (Fsp3) is 0.462. The standard InChI is InChI=1S/C13H20NO4P/c1-4-17-19(16,18-5-2)10-13(15)14-12-9-7-6-8-11(12)3/h6-9H,4-5,10H2,1-3H3,(H,14,15). The molecule has 0 fully saturated rings.